The summed E-state index contributed by atoms with van der Waals surface area (Å²) in [5.74, 6) is 4.82. The summed E-state index contributed by atoms with van der Waals surface area (Å²) in [6.07, 6.45) is 9.08. The van der Waals surface area contributed by atoms with E-state index >= 15 is 0 Å². The second-order valence-corrected chi connectivity index (χ2v) is 13.2. The lowest BCUT2D eigenvalue weighted by molar-refractivity contribution is -0.175. The van der Waals surface area contributed by atoms with Crippen LogP contribution in [0.2, 0.25) is 0 Å². The fraction of sp³-hybridized carbons (Fsp3) is 0.963. The Labute approximate surface area is 188 Å². The SMILES string of the molecule is C[C@H]1CC[C@@H]2N(C1)C[C@H]1C3CC4[C@@H](CC(=O)[C@H]5C[C@@H](O)CC[C@]45C)[C@H]3CC[C@H]1[C@]2(C)O. The van der Waals surface area contributed by atoms with E-state index in [9.17, 15) is 15.0 Å². The van der Waals surface area contributed by atoms with Crippen molar-refractivity contribution < 1.29 is 15.0 Å². The maximum atomic E-state index is 13.2. The summed E-state index contributed by atoms with van der Waals surface area (Å²) in [5.41, 5.74) is -0.482. The van der Waals surface area contributed by atoms with Crippen molar-refractivity contribution in [2.24, 2.45) is 52.8 Å². The van der Waals surface area contributed by atoms with Gasteiger partial charge in [0.15, 0.2) is 0 Å². The Morgan fingerprint density at radius 1 is 0.903 bits per heavy atom. The van der Waals surface area contributed by atoms with Gasteiger partial charge in [0.2, 0.25) is 0 Å². The van der Waals surface area contributed by atoms with E-state index in [1.54, 1.807) is 0 Å². The summed E-state index contributed by atoms with van der Waals surface area (Å²) in [7, 11) is 0. The highest BCUT2D eigenvalue weighted by Gasteiger charge is 2.64. The standard InChI is InChI=1S/C27H43NO3/c1-15-4-7-25-27(3,31)21-6-5-17-18(20(21)14-28(25)13-15)11-22-19(17)12-24(30)23-10-16(29)8-9-26(22,23)2/h15-23,25,29,31H,4-14H2,1-3H3/t15-,16-,17-,18?,19-,20-,21+,22?,23+,25-,26+,27-/m0/s1. The van der Waals surface area contributed by atoms with Crippen molar-refractivity contribution >= 4 is 5.78 Å². The van der Waals surface area contributed by atoms with Crippen LogP contribution in [0.15, 0.2) is 0 Å². The molecule has 0 radical (unpaired) electrons. The van der Waals surface area contributed by atoms with Crippen LogP contribution in [0.25, 0.3) is 0 Å². The van der Waals surface area contributed by atoms with E-state index in [-0.39, 0.29) is 17.4 Å². The molecule has 0 aromatic carbocycles. The molecule has 4 nitrogen and oxygen atoms in total. The summed E-state index contributed by atoms with van der Waals surface area (Å²) in [5, 5.41) is 22.1. The maximum Gasteiger partial charge on any atom is 0.136 e. The predicted octanol–water partition coefficient (Wildman–Crippen LogP) is 3.89. The van der Waals surface area contributed by atoms with Gasteiger partial charge in [-0.25, -0.2) is 0 Å². The van der Waals surface area contributed by atoms with Crippen LogP contribution >= 0.6 is 0 Å². The summed E-state index contributed by atoms with van der Waals surface area (Å²) in [6.45, 7) is 9.23. The van der Waals surface area contributed by atoms with Crippen LogP contribution in [0.1, 0.15) is 78.6 Å². The lowest BCUT2D eigenvalue weighted by atomic mass is 9.51. The molecule has 12 atom stereocenters. The van der Waals surface area contributed by atoms with Gasteiger partial charge in [0.1, 0.15) is 5.78 Å². The molecule has 0 spiro atoms. The Morgan fingerprint density at radius 2 is 1.71 bits per heavy atom. The number of hydrogen-bond donors (Lipinski definition) is 2. The van der Waals surface area contributed by atoms with Crippen molar-refractivity contribution in [1.29, 1.82) is 0 Å². The number of hydrogen-bond acceptors (Lipinski definition) is 4. The van der Waals surface area contributed by atoms with Crippen LogP contribution in [-0.4, -0.2) is 51.7 Å². The Balaban J connectivity index is 1.31. The van der Waals surface area contributed by atoms with Gasteiger partial charge in [0, 0.05) is 31.5 Å². The average Bonchev–Trinajstić information content (AvgIpc) is 3.09. The molecule has 6 aliphatic rings. The molecule has 0 aromatic rings. The van der Waals surface area contributed by atoms with Gasteiger partial charge >= 0.3 is 0 Å². The minimum absolute atomic E-state index is 0.0789. The van der Waals surface area contributed by atoms with Crippen molar-refractivity contribution in [2.75, 3.05) is 13.1 Å². The molecule has 6 fully saturated rings. The first-order valence-corrected chi connectivity index (χ1v) is 13.4. The first-order chi connectivity index (χ1) is 14.7. The summed E-state index contributed by atoms with van der Waals surface area (Å²) in [4.78, 5) is 15.9. The summed E-state index contributed by atoms with van der Waals surface area (Å²) < 4.78 is 0. The third kappa shape index (κ3) is 2.93. The van der Waals surface area contributed by atoms with Gasteiger partial charge in [0.05, 0.1) is 11.7 Å². The molecule has 2 saturated heterocycles. The number of rotatable bonds is 0. The minimum Gasteiger partial charge on any atom is -0.393 e. The molecule has 2 unspecified atom stereocenters. The number of aliphatic hydroxyl groups is 2. The number of carbonyl (C=O) groups is 1. The number of carbonyl (C=O) groups excluding carboxylic acids is 1. The molecule has 2 heterocycles. The van der Waals surface area contributed by atoms with Gasteiger partial charge in [-0.3, -0.25) is 9.69 Å². The molecule has 0 aromatic heterocycles. The second-order valence-electron chi connectivity index (χ2n) is 13.2. The Morgan fingerprint density at radius 3 is 2.52 bits per heavy atom. The molecule has 31 heavy (non-hydrogen) atoms. The molecule has 4 heteroatoms. The Bertz CT molecular complexity index is 751. The topological polar surface area (TPSA) is 60.8 Å². The minimum atomic E-state index is -0.570. The molecule has 4 aliphatic carbocycles. The van der Waals surface area contributed by atoms with Crippen LogP contribution in [0, 0.1) is 52.8 Å². The quantitative estimate of drug-likeness (QED) is 0.613. The molecular weight excluding hydrogens is 386 g/mol. The van der Waals surface area contributed by atoms with Crippen LogP contribution in [0.4, 0.5) is 0 Å². The van der Waals surface area contributed by atoms with Crippen LogP contribution in [0.3, 0.4) is 0 Å². The molecule has 0 amide bonds. The van der Waals surface area contributed by atoms with E-state index in [0.717, 1.165) is 44.6 Å². The number of ketones is 1. The van der Waals surface area contributed by atoms with Crippen molar-refractivity contribution in [3.05, 3.63) is 0 Å². The largest absolute Gasteiger partial charge is 0.393 e. The molecule has 4 saturated carbocycles. The van der Waals surface area contributed by atoms with Crippen molar-refractivity contribution in [3.63, 3.8) is 0 Å². The first-order valence-electron chi connectivity index (χ1n) is 13.4. The highest BCUT2D eigenvalue weighted by Crippen LogP contribution is 2.66. The van der Waals surface area contributed by atoms with Gasteiger partial charge < -0.3 is 10.2 Å². The summed E-state index contributed by atoms with van der Waals surface area (Å²) in [6, 6.07) is 0.341. The van der Waals surface area contributed by atoms with E-state index in [4.69, 9.17) is 0 Å². The van der Waals surface area contributed by atoms with Crippen molar-refractivity contribution in [2.45, 2.75) is 96.3 Å². The third-order valence-corrected chi connectivity index (χ3v) is 11.8. The number of Topliss-reactive ketones (excluding diaryl/α,β-unsaturated/α-hetero) is 1. The first kappa shape index (κ1) is 21.1. The average molecular weight is 430 g/mol. The normalized spacial score (nSPS) is 59.2. The predicted molar refractivity (Wildman–Crippen MR) is 120 cm³/mol. The molecular formula is C27H43NO3. The number of fused-ring (bicyclic) bond motifs is 8. The Hall–Kier alpha value is -0.450. The van der Waals surface area contributed by atoms with Crippen LogP contribution in [0.5, 0.6) is 0 Å². The van der Waals surface area contributed by atoms with E-state index < -0.39 is 5.60 Å². The monoisotopic (exact) mass is 429 g/mol. The smallest absolute Gasteiger partial charge is 0.136 e. The van der Waals surface area contributed by atoms with Gasteiger partial charge in [-0.1, -0.05) is 13.8 Å². The number of aliphatic hydroxyl groups excluding tert-OH is 1. The lowest BCUT2D eigenvalue weighted by Gasteiger charge is -2.59. The lowest BCUT2D eigenvalue weighted by Crippen LogP contribution is -2.67. The fourth-order valence-electron chi connectivity index (χ4n) is 10.4. The third-order valence-electron chi connectivity index (χ3n) is 11.8. The highest BCUT2D eigenvalue weighted by atomic mass is 16.3. The Kier molecular flexibility index (Phi) is 4.78. The van der Waals surface area contributed by atoms with Crippen LogP contribution in [-0.2, 0) is 4.79 Å². The van der Waals surface area contributed by atoms with Crippen molar-refractivity contribution in [1.82, 2.24) is 4.90 Å². The van der Waals surface area contributed by atoms with Gasteiger partial charge in [-0.2, -0.15) is 0 Å². The van der Waals surface area contributed by atoms with E-state index in [2.05, 4.69) is 25.7 Å². The molecule has 174 valence electrons. The zero-order valence-corrected chi connectivity index (χ0v) is 19.8. The van der Waals surface area contributed by atoms with E-state index in [1.807, 2.05) is 0 Å². The molecule has 2 N–H and O–H groups in total. The van der Waals surface area contributed by atoms with E-state index in [0.29, 0.717) is 53.8 Å². The number of nitrogens with zero attached hydrogens (tertiary/aromatic N) is 1. The van der Waals surface area contributed by atoms with Crippen LogP contribution < -0.4 is 0 Å². The second kappa shape index (κ2) is 7.03. The summed E-state index contributed by atoms with van der Waals surface area (Å²) >= 11 is 0. The van der Waals surface area contributed by atoms with Gasteiger partial charge in [-0.05, 0) is 105 Å². The molecule has 6 rings (SSSR count). The zero-order valence-electron chi connectivity index (χ0n) is 19.8. The molecule has 2 aliphatic heterocycles. The van der Waals surface area contributed by atoms with E-state index in [1.165, 1.54) is 25.8 Å². The van der Waals surface area contributed by atoms with Crippen molar-refractivity contribution in [3.8, 4) is 0 Å². The number of piperidine rings is 2. The van der Waals surface area contributed by atoms with Gasteiger partial charge in [0.25, 0.3) is 0 Å². The molecule has 0 bridgehead atoms. The van der Waals surface area contributed by atoms with Gasteiger partial charge in [-0.15, -0.1) is 0 Å². The maximum absolute atomic E-state index is 13.2. The zero-order chi connectivity index (χ0) is 21.7. The fourth-order valence-corrected chi connectivity index (χ4v) is 10.4. The highest BCUT2D eigenvalue weighted by molar-refractivity contribution is 5.83.